The Morgan fingerprint density at radius 3 is 2.26 bits per heavy atom. The van der Waals surface area contributed by atoms with Crippen molar-refractivity contribution >= 4 is 35.0 Å². The van der Waals surface area contributed by atoms with Crippen LogP contribution in [0, 0.1) is 0 Å². The molecule has 1 aromatic rings. The summed E-state index contributed by atoms with van der Waals surface area (Å²) in [5.74, 6) is -1.23. The summed E-state index contributed by atoms with van der Waals surface area (Å²) in [4.78, 5) is 12.3. The number of hydrogen-bond acceptors (Lipinski definition) is 4. The van der Waals surface area contributed by atoms with Crippen LogP contribution in [0.4, 0.5) is 18.9 Å². The molecule has 0 bridgehead atoms. The van der Waals surface area contributed by atoms with E-state index in [0.717, 1.165) is 0 Å². The average molecular weight is 372 g/mol. The highest BCUT2D eigenvalue weighted by atomic mass is 35.5. The van der Waals surface area contributed by atoms with Gasteiger partial charge in [-0.25, -0.2) is 0 Å². The van der Waals surface area contributed by atoms with Crippen LogP contribution in [0.2, 0.25) is 5.02 Å². The zero-order chi connectivity index (χ0) is 18.1. The summed E-state index contributed by atoms with van der Waals surface area (Å²) in [6.45, 7) is 3.63. The quantitative estimate of drug-likeness (QED) is 0.693. The highest BCUT2D eigenvalue weighted by molar-refractivity contribution is 7.99. The van der Waals surface area contributed by atoms with Crippen LogP contribution < -0.4 is 5.32 Å². The second-order valence-electron chi connectivity index (χ2n) is 5.77. The number of aliphatic hydroxyl groups is 2. The minimum atomic E-state index is -5.11. The lowest BCUT2D eigenvalue weighted by Gasteiger charge is -2.25. The van der Waals surface area contributed by atoms with Gasteiger partial charge >= 0.3 is 6.18 Å². The molecule has 1 aromatic carbocycles. The summed E-state index contributed by atoms with van der Waals surface area (Å²) in [6.07, 6.45) is -5.11. The molecule has 0 saturated carbocycles. The van der Waals surface area contributed by atoms with Gasteiger partial charge in [0.25, 0.3) is 5.91 Å². The number of alkyl halides is 3. The maximum absolute atomic E-state index is 12.6. The Morgan fingerprint density at radius 1 is 1.26 bits per heavy atom. The smallest absolute Gasteiger partial charge is 0.390 e. The van der Waals surface area contributed by atoms with Crippen LogP contribution in [0.25, 0.3) is 0 Å². The fourth-order valence-electron chi connectivity index (χ4n) is 1.32. The number of hydrogen-bond donors (Lipinski definition) is 3. The molecule has 0 heterocycles. The van der Waals surface area contributed by atoms with Gasteiger partial charge in [-0.3, -0.25) is 4.79 Å². The van der Waals surface area contributed by atoms with Crippen LogP contribution in [0.3, 0.4) is 0 Å². The molecule has 0 aliphatic carbocycles. The predicted octanol–water partition coefficient (Wildman–Crippen LogP) is 3.45. The molecule has 1 rings (SSSR count). The molecular formula is C14H17ClF3NO3S. The summed E-state index contributed by atoms with van der Waals surface area (Å²) in [5.41, 5.74) is -4.46. The zero-order valence-corrected chi connectivity index (χ0v) is 14.2. The number of rotatable bonds is 5. The van der Waals surface area contributed by atoms with Crippen molar-refractivity contribution in [1.29, 1.82) is 0 Å². The van der Waals surface area contributed by atoms with Gasteiger partial charge < -0.3 is 15.5 Å². The monoisotopic (exact) mass is 371 g/mol. The lowest BCUT2D eigenvalue weighted by molar-refractivity contribution is -0.242. The van der Waals surface area contributed by atoms with Gasteiger partial charge in [0.05, 0.1) is 16.3 Å². The molecule has 0 fully saturated rings. The van der Waals surface area contributed by atoms with Crippen molar-refractivity contribution in [1.82, 2.24) is 0 Å². The van der Waals surface area contributed by atoms with Crippen molar-refractivity contribution in [2.75, 3.05) is 11.1 Å². The van der Waals surface area contributed by atoms with E-state index in [0.29, 0.717) is 17.6 Å². The van der Waals surface area contributed by atoms with Crippen molar-refractivity contribution in [3.05, 3.63) is 23.2 Å². The summed E-state index contributed by atoms with van der Waals surface area (Å²) in [6, 6.07) is 4.33. The molecule has 4 nitrogen and oxygen atoms in total. The molecule has 0 aliphatic heterocycles. The molecule has 130 valence electrons. The van der Waals surface area contributed by atoms with E-state index in [2.05, 4.69) is 0 Å². The van der Waals surface area contributed by atoms with Gasteiger partial charge in [-0.05, 0) is 39.0 Å². The molecule has 0 spiro atoms. The largest absolute Gasteiger partial charge is 0.426 e. The Bertz CT molecular complexity index is 586. The summed E-state index contributed by atoms with van der Waals surface area (Å²) in [7, 11) is 0. The van der Waals surface area contributed by atoms with E-state index in [1.54, 1.807) is 19.9 Å². The SMILES string of the molecule is CC(C)(O)CSc1ccc(NC(=O)C(C)(O)C(F)(F)F)c(Cl)c1. The first-order chi connectivity index (χ1) is 10.2. The summed E-state index contributed by atoms with van der Waals surface area (Å²) < 4.78 is 37.8. The third-order valence-corrected chi connectivity index (χ3v) is 4.53. The van der Waals surface area contributed by atoms with Crippen LogP contribution in [-0.2, 0) is 4.79 Å². The van der Waals surface area contributed by atoms with E-state index in [9.17, 15) is 28.2 Å². The van der Waals surface area contributed by atoms with E-state index in [1.807, 2.05) is 5.32 Å². The number of halogens is 4. The van der Waals surface area contributed by atoms with E-state index in [1.165, 1.54) is 23.9 Å². The van der Waals surface area contributed by atoms with Crippen LogP contribution in [-0.4, -0.2) is 39.3 Å². The van der Waals surface area contributed by atoms with Gasteiger partial charge in [0.2, 0.25) is 5.60 Å². The first-order valence-electron chi connectivity index (χ1n) is 6.49. The van der Waals surface area contributed by atoms with E-state index in [4.69, 9.17) is 11.6 Å². The maximum atomic E-state index is 12.6. The molecule has 1 atom stereocenters. The Morgan fingerprint density at radius 2 is 1.83 bits per heavy atom. The topological polar surface area (TPSA) is 69.6 Å². The first kappa shape index (κ1) is 20.1. The minimum Gasteiger partial charge on any atom is -0.390 e. The first-order valence-corrected chi connectivity index (χ1v) is 7.86. The molecular weight excluding hydrogens is 355 g/mol. The fourth-order valence-corrected chi connectivity index (χ4v) is 2.50. The highest BCUT2D eigenvalue weighted by Crippen LogP contribution is 2.33. The third-order valence-electron chi connectivity index (χ3n) is 2.77. The molecule has 0 aliphatic rings. The molecule has 1 unspecified atom stereocenters. The average Bonchev–Trinajstić information content (AvgIpc) is 2.36. The molecule has 23 heavy (non-hydrogen) atoms. The molecule has 0 radical (unpaired) electrons. The fraction of sp³-hybridized carbons (Fsp3) is 0.500. The number of nitrogens with one attached hydrogen (secondary N) is 1. The van der Waals surface area contributed by atoms with Crippen molar-refractivity contribution in [3.8, 4) is 0 Å². The lowest BCUT2D eigenvalue weighted by Crippen LogP contribution is -2.52. The summed E-state index contributed by atoms with van der Waals surface area (Å²) >= 11 is 7.24. The molecule has 0 aromatic heterocycles. The predicted molar refractivity (Wildman–Crippen MR) is 83.8 cm³/mol. The third kappa shape index (κ3) is 5.56. The van der Waals surface area contributed by atoms with Gasteiger partial charge in [0.15, 0.2) is 0 Å². The van der Waals surface area contributed by atoms with E-state index < -0.39 is 23.3 Å². The van der Waals surface area contributed by atoms with Crippen LogP contribution in [0.1, 0.15) is 20.8 Å². The Kier molecular flexibility index (Phi) is 6.01. The van der Waals surface area contributed by atoms with Crippen molar-refractivity contribution < 1.29 is 28.2 Å². The van der Waals surface area contributed by atoms with Gasteiger partial charge in [-0.15, -0.1) is 11.8 Å². The standard InChI is InChI=1S/C14H17ClF3NO3S/c1-12(2,21)7-23-8-4-5-10(9(15)6-8)19-11(20)13(3,22)14(16,17)18/h4-6,21-22H,7H2,1-3H3,(H,19,20). The number of anilines is 1. The second kappa shape index (κ2) is 6.88. The van der Waals surface area contributed by atoms with Gasteiger partial charge in [-0.2, -0.15) is 13.2 Å². The molecule has 9 heteroatoms. The van der Waals surface area contributed by atoms with Crippen molar-refractivity contribution in [2.24, 2.45) is 0 Å². The molecule has 0 saturated heterocycles. The van der Waals surface area contributed by atoms with E-state index in [-0.39, 0.29) is 10.7 Å². The zero-order valence-electron chi connectivity index (χ0n) is 12.7. The number of amides is 1. The number of carbonyl (C=O) groups excluding carboxylic acids is 1. The van der Waals surface area contributed by atoms with Crippen molar-refractivity contribution in [3.63, 3.8) is 0 Å². The number of carbonyl (C=O) groups is 1. The maximum Gasteiger partial charge on any atom is 0.426 e. The molecule has 1 amide bonds. The highest BCUT2D eigenvalue weighted by Gasteiger charge is 2.55. The van der Waals surface area contributed by atoms with Gasteiger partial charge in [-0.1, -0.05) is 11.6 Å². The number of thioether (sulfide) groups is 1. The van der Waals surface area contributed by atoms with Crippen LogP contribution in [0.5, 0.6) is 0 Å². The normalized spacial score (nSPS) is 15.2. The van der Waals surface area contributed by atoms with Crippen LogP contribution in [0.15, 0.2) is 23.1 Å². The Balaban J connectivity index is 2.86. The second-order valence-corrected chi connectivity index (χ2v) is 7.22. The van der Waals surface area contributed by atoms with Crippen LogP contribution >= 0.6 is 23.4 Å². The Labute approximate surface area is 141 Å². The Hall–Kier alpha value is -0.960. The summed E-state index contributed by atoms with van der Waals surface area (Å²) in [5, 5.41) is 20.9. The minimum absolute atomic E-state index is 0.0251. The molecule has 3 N–H and O–H groups in total. The van der Waals surface area contributed by atoms with Crippen molar-refractivity contribution in [2.45, 2.75) is 43.0 Å². The van der Waals surface area contributed by atoms with E-state index >= 15 is 0 Å². The van der Waals surface area contributed by atoms with Gasteiger partial charge in [0.1, 0.15) is 0 Å². The van der Waals surface area contributed by atoms with Gasteiger partial charge in [0, 0.05) is 10.6 Å². The number of benzene rings is 1. The lowest BCUT2D eigenvalue weighted by atomic mass is 10.1.